The van der Waals surface area contributed by atoms with Gasteiger partial charge in [0.2, 0.25) is 0 Å². The number of nitrogens with one attached hydrogen (secondary N) is 1. The van der Waals surface area contributed by atoms with Gasteiger partial charge in [0.15, 0.2) is 0 Å². The van der Waals surface area contributed by atoms with Gasteiger partial charge in [-0.3, -0.25) is 4.90 Å². The van der Waals surface area contributed by atoms with Crippen LogP contribution in [0.3, 0.4) is 0 Å². The van der Waals surface area contributed by atoms with Crippen LogP contribution in [-0.4, -0.2) is 30.1 Å². The van der Waals surface area contributed by atoms with E-state index in [0.717, 1.165) is 25.4 Å². The van der Waals surface area contributed by atoms with Crippen LogP contribution in [0, 0.1) is 5.92 Å². The SMILES string of the molecule is CCc1ccsc1CN1CC(CC(C)C)NCC1C. The lowest BCUT2D eigenvalue weighted by Gasteiger charge is -2.39. The van der Waals surface area contributed by atoms with Gasteiger partial charge in [-0.1, -0.05) is 20.8 Å². The van der Waals surface area contributed by atoms with Gasteiger partial charge in [-0.2, -0.15) is 0 Å². The van der Waals surface area contributed by atoms with E-state index in [2.05, 4.69) is 49.4 Å². The molecule has 3 heteroatoms. The number of hydrogen-bond acceptors (Lipinski definition) is 3. The lowest BCUT2D eigenvalue weighted by Crippen LogP contribution is -2.55. The van der Waals surface area contributed by atoms with E-state index in [0.29, 0.717) is 12.1 Å². The largest absolute Gasteiger partial charge is 0.311 e. The highest BCUT2D eigenvalue weighted by Gasteiger charge is 2.25. The fourth-order valence-electron chi connectivity index (χ4n) is 2.95. The van der Waals surface area contributed by atoms with Gasteiger partial charge in [-0.15, -0.1) is 11.3 Å². The first-order chi connectivity index (χ1) is 9.10. The fourth-order valence-corrected chi connectivity index (χ4v) is 3.95. The molecule has 108 valence electrons. The van der Waals surface area contributed by atoms with E-state index >= 15 is 0 Å². The Labute approximate surface area is 122 Å². The van der Waals surface area contributed by atoms with Gasteiger partial charge in [0.25, 0.3) is 0 Å². The minimum absolute atomic E-state index is 0.648. The fraction of sp³-hybridized carbons (Fsp3) is 0.750. The predicted molar refractivity (Wildman–Crippen MR) is 84.8 cm³/mol. The zero-order valence-corrected chi connectivity index (χ0v) is 13.6. The molecular formula is C16H28N2S. The molecule has 2 heterocycles. The Morgan fingerprint density at radius 1 is 1.47 bits per heavy atom. The van der Waals surface area contributed by atoms with Crippen molar-refractivity contribution >= 4 is 11.3 Å². The summed E-state index contributed by atoms with van der Waals surface area (Å²) in [7, 11) is 0. The molecule has 0 aliphatic carbocycles. The molecular weight excluding hydrogens is 252 g/mol. The quantitative estimate of drug-likeness (QED) is 0.888. The molecule has 2 atom stereocenters. The number of thiophene rings is 1. The first kappa shape index (κ1) is 15.0. The minimum Gasteiger partial charge on any atom is -0.311 e. The molecule has 1 N–H and O–H groups in total. The third-order valence-corrected chi connectivity index (χ3v) is 5.05. The number of nitrogens with zero attached hydrogens (tertiary/aromatic N) is 1. The van der Waals surface area contributed by atoms with E-state index in [9.17, 15) is 0 Å². The van der Waals surface area contributed by atoms with Crippen LogP contribution in [0.1, 0.15) is 44.6 Å². The van der Waals surface area contributed by atoms with Crippen molar-refractivity contribution in [2.24, 2.45) is 5.92 Å². The van der Waals surface area contributed by atoms with Crippen LogP contribution in [0.2, 0.25) is 0 Å². The highest BCUT2D eigenvalue weighted by molar-refractivity contribution is 7.10. The van der Waals surface area contributed by atoms with E-state index in [1.807, 2.05) is 11.3 Å². The molecule has 2 nitrogen and oxygen atoms in total. The molecule has 2 unspecified atom stereocenters. The first-order valence-electron chi connectivity index (χ1n) is 7.62. The molecule has 1 aliphatic heterocycles. The van der Waals surface area contributed by atoms with Crippen LogP contribution in [0.25, 0.3) is 0 Å². The Hall–Kier alpha value is -0.380. The number of aryl methyl sites for hydroxylation is 1. The van der Waals surface area contributed by atoms with E-state index in [4.69, 9.17) is 0 Å². The number of hydrogen-bond donors (Lipinski definition) is 1. The van der Waals surface area contributed by atoms with Crippen molar-refractivity contribution in [3.8, 4) is 0 Å². The molecule has 1 aromatic rings. The third-order valence-electron chi connectivity index (χ3n) is 4.10. The molecule has 0 aromatic carbocycles. The number of rotatable bonds is 5. The van der Waals surface area contributed by atoms with Crippen LogP contribution in [0.5, 0.6) is 0 Å². The van der Waals surface area contributed by atoms with Gasteiger partial charge < -0.3 is 5.32 Å². The van der Waals surface area contributed by atoms with Crippen LogP contribution in [0.15, 0.2) is 11.4 Å². The van der Waals surface area contributed by atoms with Crippen molar-refractivity contribution in [2.75, 3.05) is 13.1 Å². The monoisotopic (exact) mass is 280 g/mol. The highest BCUT2D eigenvalue weighted by atomic mass is 32.1. The predicted octanol–water partition coefficient (Wildman–Crippen LogP) is 3.52. The maximum absolute atomic E-state index is 3.70. The van der Waals surface area contributed by atoms with Gasteiger partial charge in [0.05, 0.1) is 0 Å². The van der Waals surface area contributed by atoms with Crippen LogP contribution < -0.4 is 5.32 Å². The van der Waals surface area contributed by atoms with Crippen LogP contribution in [0.4, 0.5) is 0 Å². The van der Waals surface area contributed by atoms with Crippen LogP contribution >= 0.6 is 11.3 Å². The smallest absolute Gasteiger partial charge is 0.0334 e. The Bertz CT molecular complexity index is 386. The summed E-state index contributed by atoms with van der Waals surface area (Å²) >= 11 is 1.92. The summed E-state index contributed by atoms with van der Waals surface area (Å²) in [5.74, 6) is 0.778. The molecule has 19 heavy (non-hydrogen) atoms. The second-order valence-corrected chi connectivity index (χ2v) is 7.24. The molecule has 0 amide bonds. The van der Waals surface area contributed by atoms with E-state index in [1.54, 1.807) is 4.88 Å². The Morgan fingerprint density at radius 3 is 2.95 bits per heavy atom. The minimum atomic E-state index is 0.648. The summed E-state index contributed by atoms with van der Waals surface area (Å²) in [5, 5.41) is 5.94. The zero-order valence-electron chi connectivity index (χ0n) is 12.8. The van der Waals surface area contributed by atoms with Crippen molar-refractivity contribution in [1.82, 2.24) is 10.2 Å². The molecule has 0 saturated carbocycles. The summed E-state index contributed by atoms with van der Waals surface area (Å²) in [5.41, 5.74) is 1.54. The summed E-state index contributed by atoms with van der Waals surface area (Å²) in [6.45, 7) is 12.7. The molecule has 0 spiro atoms. The summed E-state index contributed by atoms with van der Waals surface area (Å²) < 4.78 is 0. The zero-order chi connectivity index (χ0) is 13.8. The molecule has 1 saturated heterocycles. The Balaban J connectivity index is 1.97. The van der Waals surface area contributed by atoms with Crippen molar-refractivity contribution in [2.45, 2.75) is 59.2 Å². The van der Waals surface area contributed by atoms with Crippen molar-refractivity contribution < 1.29 is 0 Å². The molecule has 2 rings (SSSR count). The van der Waals surface area contributed by atoms with Crippen LogP contribution in [-0.2, 0) is 13.0 Å². The molecule has 0 radical (unpaired) electrons. The van der Waals surface area contributed by atoms with Gasteiger partial charge in [0, 0.05) is 36.6 Å². The Morgan fingerprint density at radius 2 is 2.26 bits per heavy atom. The first-order valence-corrected chi connectivity index (χ1v) is 8.50. The maximum Gasteiger partial charge on any atom is 0.0334 e. The normalized spacial score (nSPS) is 25.1. The lowest BCUT2D eigenvalue weighted by atomic mass is 10.00. The summed E-state index contributed by atoms with van der Waals surface area (Å²) in [6, 6.07) is 3.61. The topological polar surface area (TPSA) is 15.3 Å². The molecule has 1 fully saturated rings. The Kier molecular flexibility index (Phi) is 5.43. The van der Waals surface area contributed by atoms with Crippen molar-refractivity contribution in [3.63, 3.8) is 0 Å². The average Bonchev–Trinajstić information content (AvgIpc) is 2.80. The third kappa shape index (κ3) is 4.04. The summed E-state index contributed by atoms with van der Waals surface area (Å²) in [4.78, 5) is 4.23. The van der Waals surface area contributed by atoms with Gasteiger partial charge >= 0.3 is 0 Å². The van der Waals surface area contributed by atoms with Crippen molar-refractivity contribution in [1.29, 1.82) is 0 Å². The van der Waals surface area contributed by atoms with E-state index < -0.39 is 0 Å². The van der Waals surface area contributed by atoms with E-state index in [-0.39, 0.29) is 0 Å². The standard InChI is InChI=1S/C16H28N2S/c1-5-14-6-7-19-16(14)11-18-10-15(8-12(2)3)17-9-13(18)4/h6-7,12-13,15,17H,5,8-11H2,1-4H3. The maximum atomic E-state index is 3.70. The summed E-state index contributed by atoms with van der Waals surface area (Å²) in [6.07, 6.45) is 2.45. The van der Waals surface area contributed by atoms with E-state index in [1.165, 1.54) is 18.5 Å². The number of piperazine rings is 1. The highest BCUT2D eigenvalue weighted by Crippen LogP contribution is 2.22. The second kappa shape index (κ2) is 6.87. The van der Waals surface area contributed by atoms with Crippen molar-refractivity contribution in [3.05, 3.63) is 21.9 Å². The second-order valence-electron chi connectivity index (χ2n) is 6.24. The molecule has 1 aromatic heterocycles. The van der Waals surface area contributed by atoms with Gasteiger partial charge in [-0.25, -0.2) is 0 Å². The van der Waals surface area contributed by atoms with Gasteiger partial charge in [0.1, 0.15) is 0 Å². The molecule has 1 aliphatic rings. The molecule has 0 bridgehead atoms. The lowest BCUT2D eigenvalue weighted by molar-refractivity contribution is 0.125. The van der Waals surface area contributed by atoms with Gasteiger partial charge in [-0.05, 0) is 42.7 Å². The average molecular weight is 280 g/mol.